The molecule has 0 N–H and O–H groups in total. The summed E-state index contributed by atoms with van der Waals surface area (Å²) in [7, 11) is 0. The van der Waals surface area contributed by atoms with E-state index in [1.807, 2.05) is 25.3 Å². The third kappa shape index (κ3) is 2.17. The number of halogens is 1. The number of aryl methyl sites for hydroxylation is 2. The van der Waals surface area contributed by atoms with Gasteiger partial charge in [0.15, 0.2) is 5.65 Å². The van der Waals surface area contributed by atoms with Gasteiger partial charge in [-0.15, -0.1) is 0 Å². The Morgan fingerprint density at radius 3 is 2.96 bits per heavy atom. The molecule has 0 amide bonds. The van der Waals surface area contributed by atoms with Crippen LogP contribution in [0, 0.1) is 12.7 Å². The zero-order chi connectivity index (χ0) is 17.0. The highest BCUT2D eigenvalue weighted by Crippen LogP contribution is 2.37. The standard InChI is InChI=1S/C19H16FN5/c1-12-9-14(20)5-6-15(12)18-19(24-8-2-3-17(24)23-18)13-4-7-16-21-11-22-25(16)10-13/h4-7,9-11H,2-3,8H2,1H3. The number of imidazole rings is 1. The first-order valence-electron chi connectivity index (χ1n) is 8.36. The highest BCUT2D eigenvalue weighted by Gasteiger charge is 2.24. The van der Waals surface area contributed by atoms with Gasteiger partial charge in [0.1, 0.15) is 18.0 Å². The fourth-order valence-electron chi connectivity index (χ4n) is 3.66. The molecular weight excluding hydrogens is 317 g/mol. The Morgan fingerprint density at radius 1 is 1.16 bits per heavy atom. The first-order chi connectivity index (χ1) is 12.2. The monoisotopic (exact) mass is 333 g/mol. The molecule has 0 saturated carbocycles. The Labute approximate surface area is 143 Å². The van der Waals surface area contributed by atoms with Crippen LogP contribution in [-0.4, -0.2) is 24.1 Å². The average molecular weight is 333 g/mol. The Morgan fingerprint density at radius 2 is 2.08 bits per heavy atom. The van der Waals surface area contributed by atoms with Crippen LogP contribution in [0.5, 0.6) is 0 Å². The Kier molecular flexibility index (Phi) is 3.00. The number of fused-ring (bicyclic) bond motifs is 2. The fourth-order valence-corrected chi connectivity index (χ4v) is 3.66. The second-order valence-corrected chi connectivity index (χ2v) is 6.42. The topological polar surface area (TPSA) is 48.0 Å². The van der Waals surface area contributed by atoms with E-state index in [-0.39, 0.29) is 5.82 Å². The molecule has 0 aliphatic carbocycles. The molecule has 0 saturated heterocycles. The predicted molar refractivity (Wildman–Crippen MR) is 92.7 cm³/mol. The normalized spacial score (nSPS) is 13.5. The van der Waals surface area contributed by atoms with Gasteiger partial charge in [-0.2, -0.15) is 5.10 Å². The number of hydrogen-bond donors (Lipinski definition) is 0. The van der Waals surface area contributed by atoms with Crippen LogP contribution >= 0.6 is 0 Å². The predicted octanol–water partition coefficient (Wildman–Crippen LogP) is 3.65. The molecule has 1 aliphatic rings. The quantitative estimate of drug-likeness (QED) is 0.562. The van der Waals surface area contributed by atoms with Crippen molar-refractivity contribution in [1.82, 2.24) is 24.1 Å². The summed E-state index contributed by atoms with van der Waals surface area (Å²) < 4.78 is 17.6. The molecule has 5 rings (SSSR count). The first-order valence-corrected chi connectivity index (χ1v) is 8.36. The van der Waals surface area contributed by atoms with Crippen LogP contribution in [0.3, 0.4) is 0 Å². The summed E-state index contributed by atoms with van der Waals surface area (Å²) in [6, 6.07) is 8.88. The summed E-state index contributed by atoms with van der Waals surface area (Å²) >= 11 is 0. The van der Waals surface area contributed by atoms with Crippen LogP contribution in [0.25, 0.3) is 28.2 Å². The van der Waals surface area contributed by atoms with Crippen LogP contribution in [0.2, 0.25) is 0 Å². The molecule has 4 aromatic rings. The molecule has 1 aliphatic heterocycles. The van der Waals surface area contributed by atoms with Crippen molar-refractivity contribution in [2.24, 2.45) is 0 Å². The molecule has 25 heavy (non-hydrogen) atoms. The third-order valence-electron chi connectivity index (χ3n) is 4.82. The minimum atomic E-state index is -0.224. The lowest BCUT2D eigenvalue weighted by atomic mass is 10.0. The van der Waals surface area contributed by atoms with E-state index in [0.29, 0.717) is 0 Å². The van der Waals surface area contributed by atoms with Gasteiger partial charge in [-0.1, -0.05) is 0 Å². The second kappa shape index (κ2) is 5.24. The minimum absolute atomic E-state index is 0.224. The smallest absolute Gasteiger partial charge is 0.155 e. The molecule has 0 spiro atoms. The maximum Gasteiger partial charge on any atom is 0.155 e. The first kappa shape index (κ1) is 14.3. The lowest BCUT2D eigenvalue weighted by Gasteiger charge is -2.10. The fraction of sp³-hybridized carbons (Fsp3) is 0.211. The maximum atomic E-state index is 13.5. The molecule has 0 atom stereocenters. The van der Waals surface area contributed by atoms with Gasteiger partial charge < -0.3 is 4.57 Å². The van der Waals surface area contributed by atoms with Gasteiger partial charge in [-0.05, 0) is 49.2 Å². The van der Waals surface area contributed by atoms with Crippen molar-refractivity contribution in [3.8, 4) is 22.5 Å². The zero-order valence-corrected chi connectivity index (χ0v) is 13.8. The van der Waals surface area contributed by atoms with E-state index in [4.69, 9.17) is 4.98 Å². The summed E-state index contributed by atoms with van der Waals surface area (Å²) in [6.07, 6.45) is 5.60. The number of pyridine rings is 1. The molecule has 1 aromatic carbocycles. The molecule has 6 heteroatoms. The largest absolute Gasteiger partial charge is 0.327 e. The number of benzene rings is 1. The molecule has 3 aromatic heterocycles. The summed E-state index contributed by atoms with van der Waals surface area (Å²) in [5.74, 6) is 0.867. The van der Waals surface area contributed by atoms with Crippen molar-refractivity contribution in [2.45, 2.75) is 26.3 Å². The van der Waals surface area contributed by atoms with E-state index < -0.39 is 0 Å². The Hall–Kier alpha value is -3.02. The number of nitrogens with zero attached hydrogens (tertiary/aromatic N) is 5. The summed E-state index contributed by atoms with van der Waals surface area (Å²) in [4.78, 5) is 9.10. The van der Waals surface area contributed by atoms with Crippen LogP contribution in [0.15, 0.2) is 42.9 Å². The average Bonchev–Trinajstić information content (AvgIpc) is 3.29. The summed E-state index contributed by atoms with van der Waals surface area (Å²) in [5.41, 5.74) is 5.69. The third-order valence-corrected chi connectivity index (χ3v) is 4.82. The van der Waals surface area contributed by atoms with Gasteiger partial charge in [-0.3, -0.25) is 0 Å². The molecule has 124 valence electrons. The number of hydrogen-bond acceptors (Lipinski definition) is 3. The van der Waals surface area contributed by atoms with Crippen LogP contribution in [0.4, 0.5) is 4.39 Å². The van der Waals surface area contributed by atoms with E-state index in [1.165, 1.54) is 6.07 Å². The molecule has 0 fully saturated rings. The second-order valence-electron chi connectivity index (χ2n) is 6.42. The maximum absolute atomic E-state index is 13.5. The lowest BCUT2D eigenvalue weighted by molar-refractivity contribution is 0.627. The minimum Gasteiger partial charge on any atom is -0.327 e. The molecule has 0 radical (unpaired) electrons. The molecular formula is C19H16FN5. The van der Waals surface area contributed by atoms with Gasteiger partial charge in [0.25, 0.3) is 0 Å². The SMILES string of the molecule is Cc1cc(F)ccc1-c1nc2n(c1-c1ccc3ncnn3c1)CCC2. The highest BCUT2D eigenvalue weighted by atomic mass is 19.1. The van der Waals surface area contributed by atoms with Crippen LogP contribution in [-0.2, 0) is 13.0 Å². The van der Waals surface area contributed by atoms with Crippen LogP contribution < -0.4 is 0 Å². The molecule has 0 unspecified atom stereocenters. The van der Waals surface area contributed by atoms with Crippen molar-refractivity contribution in [3.05, 3.63) is 60.1 Å². The zero-order valence-electron chi connectivity index (χ0n) is 13.8. The van der Waals surface area contributed by atoms with E-state index in [9.17, 15) is 4.39 Å². The van der Waals surface area contributed by atoms with E-state index in [0.717, 1.165) is 58.9 Å². The Bertz CT molecular complexity index is 1110. The van der Waals surface area contributed by atoms with Crippen molar-refractivity contribution >= 4 is 5.65 Å². The lowest BCUT2D eigenvalue weighted by Crippen LogP contribution is -1.98. The summed E-state index contributed by atoms with van der Waals surface area (Å²) in [6.45, 7) is 2.88. The highest BCUT2D eigenvalue weighted by molar-refractivity contribution is 5.81. The molecule has 0 bridgehead atoms. The van der Waals surface area contributed by atoms with Gasteiger partial charge >= 0.3 is 0 Å². The van der Waals surface area contributed by atoms with Crippen LogP contribution in [0.1, 0.15) is 17.8 Å². The van der Waals surface area contributed by atoms with E-state index in [1.54, 1.807) is 16.9 Å². The Balaban J connectivity index is 1.77. The molecule has 5 nitrogen and oxygen atoms in total. The van der Waals surface area contributed by atoms with E-state index >= 15 is 0 Å². The number of aromatic nitrogens is 5. The van der Waals surface area contributed by atoms with Gasteiger partial charge in [0.2, 0.25) is 0 Å². The van der Waals surface area contributed by atoms with E-state index in [2.05, 4.69) is 20.7 Å². The number of rotatable bonds is 2. The van der Waals surface area contributed by atoms with Crippen molar-refractivity contribution in [2.75, 3.05) is 0 Å². The summed E-state index contributed by atoms with van der Waals surface area (Å²) in [5, 5.41) is 4.24. The van der Waals surface area contributed by atoms with Gasteiger partial charge in [-0.25, -0.2) is 18.9 Å². The van der Waals surface area contributed by atoms with Crippen molar-refractivity contribution in [3.63, 3.8) is 0 Å². The molecule has 4 heterocycles. The van der Waals surface area contributed by atoms with Gasteiger partial charge in [0, 0.05) is 30.3 Å². The van der Waals surface area contributed by atoms with Gasteiger partial charge in [0.05, 0.1) is 11.4 Å². The van der Waals surface area contributed by atoms with Crippen molar-refractivity contribution < 1.29 is 4.39 Å². The van der Waals surface area contributed by atoms with Crippen molar-refractivity contribution in [1.29, 1.82) is 0 Å².